The molecule has 1 aromatic carbocycles. The van der Waals surface area contributed by atoms with Crippen LogP contribution in [0.25, 0.3) is 38.5 Å². The molecular weight excluding hydrogens is 492 g/mol. The maximum absolute atomic E-state index is 12.3. The normalized spacial score (nSPS) is 13.9. The Labute approximate surface area is 219 Å². The highest BCUT2D eigenvalue weighted by molar-refractivity contribution is 6.34. The third kappa shape index (κ3) is 4.88. The molecule has 0 N–H and O–H groups in total. The maximum atomic E-state index is 12.3. The molecule has 188 valence electrons. The highest BCUT2D eigenvalue weighted by atomic mass is 35.5. The average Bonchev–Trinajstić information content (AvgIpc) is 3.33. The van der Waals surface area contributed by atoms with E-state index in [-0.39, 0.29) is 12.0 Å². The Morgan fingerprint density at radius 2 is 1.95 bits per heavy atom. The van der Waals surface area contributed by atoms with Crippen LogP contribution in [-0.2, 0) is 4.74 Å². The fraction of sp³-hybridized carbons (Fsp3) is 0.286. The molecule has 4 heterocycles. The highest BCUT2D eigenvalue weighted by Crippen LogP contribution is 2.41. The lowest BCUT2D eigenvalue weighted by atomic mass is 10.0. The van der Waals surface area contributed by atoms with E-state index in [4.69, 9.17) is 32.1 Å². The lowest BCUT2D eigenvalue weighted by Crippen LogP contribution is -2.25. The first-order valence-electron chi connectivity index (χ1n) is 11.9. The minimum atomic E-state index is -0.123. The third-order valence-electron chi connectivity index (χ3n) is 6.29. The van der Waals surface area contributed by atoms with E-state index >= 15 is 0 Å². The van der Waals surface area contributed by atoms with Gasteiger partial charge in [-0.1, -0.05) is 17.7 Å². The van der Waals surface area contributed by atoms with Crippen molar-refractivity contribution < 1.29 is 18.7 Å². The summed E-state index contributed by atoms with van der Waals surface area (Å²) in [5.74, 6) is 0.930. The number of carbonyl (C=O) groups excluding carboxylic acids is 1. The zero-order chi connectivity index (χ0) is 26.1. The number of hydrogen-bond donors (Lipinski definition) is 0. The van der Waals surface area contributed by atoms with E-state index in [1.165, 1.54) is 4.90 Å². The largest absolute Gasteiger partial charge is 0.501 e. The van der Waals surface area contributed by atoms with Gasteiger partial charge in [0.15, 0.2) is 11.3 Å². The standard InChI is InChI=1S/C28H25ClN4O4/c1-16-11-18(28(34)33(3)4)14-32-26(16)24-13-22-27(37-24)25(20(29)15-31-22)17-5-6-23(21(12-17)30-2)36-19-7-9-35-10-8-19/h5-6,11-15,19H,7-10H2,1,3-4H3. The van der Waals surface area contributed by atoms with Crippen molar-refractivity contribution in [3.8, 4) is 28.3 Å². The van der Waals surface area contributed by atoms with Gasteiger partial charge in [-0.05, 0) is 36.2 Å². The molecule has 1 aliphatic rings. The van der Waals surface area contributed by atoms with Crippen molar-refractivity contribution in [3.05, 3.63) is 70.3 Å². The van der Waals surface area contributed by atoms with Crippen molar-refractivity contribution in [3.63, 3.8) is 0 Å². The molecule has 0 radical (unpaired) electrons. The molecule has 0 aliphatic carbocycles. The van der Waals surface area contributed by atoms with Crippen molar-refractivity contribution in [2.24, 2.45) is 0 Å². The Morgan fingerprint density at radius 3 is 2.65 bits per heavy atom. The van der Waals surface area contributed by atoms with E-state index < -0.39 is 0 Å². The fourth-order valence-electron chi connectivity index (χ4n) is 4.38. The lowest BCUT2D eigenvalue weighted by Gasteiger charge is -2.24. The van der Waals surface area contributed by atoms with Crippen LogP contribution in [0.2, 0.25) is 5.02 Å². The van der Waals surface area contributed by atoms with Crippen LogP contribution in [0, 0.1) is 13.5 Å². The monoisotopic (exact) mass is 516 g/mol. The van der Waals surface area contributed by atoms with E-state index in [1.54, 1.807) is 50.8 Å². The van der Waals surface area contributed by atoms with Crippen molar-refractivity contribution in [2.45, 2.75) is 25.9 Å². The van der Waals surface area contributed by atoms with Crippen LogP contribution in [0.15, 0.2) is 47.1 Å². The zero-order valence-corrected chi connectivity index (χ0v) is 21.5. The van der Waals surface area contributed by atoms with Gasteiger partial charge in [-0.25, -0.2) is 4.85 Å². The molecule has 0 atom stereocenters. The van der Waals surface area contributed by atoms with Crippen molar-refractivity contribution in [2.75, 3.05) is 27.3 Å². The predicted molar refractivity (Wildman–Crippen MR) is 141 cm³/mol. The van der Waals surface area contributed by atoms with E-state index in [0.29, 0.717) is 63.4 Å². The quantitative estimate of drug-likeness (QED) is 0.288. The Morgan fingerprint density at radius 1 is 1.16 bits per heavy atom. The molecule has 1 amide bonds. The minimum absolute atomic E-state index is 0.0269. The summed E-state index contributed by atoms with van der Waals surface area (Å²) in [7, 11) is 3.40. The predicted octanol–water partition coefficient (Wildman–Crippen LogP) is 6.33. The van der Waals surface area contributed by atoms with Crippen LogP contribution in [0.3, 0.4) is 0 Å². The number of fused-ring (bicyclic) bond motifs is 1. The summed E-state index contributed by atoms with van der Waals surface area (Å²) in [5.41, 5.74) is 4.76. The molecule has 5 rings (SSSR count). The van der Waals surface area contributed by atoms with Crippen LogP contribution < -0.4 is 4.74 Å². The number of ether oxygens (including phenoxy) is 2. The number of halogens is 1. The van der Waals surface area contributed by atoms with Crippen LogP contribution in [0.1, 0.15) is 28.8 Å². The molecule has 0 spiro atoms. The second kappa shape index (κ2) is 10.2. The molecule has 0 unspecified atom stereocenters. The van der Waals surface area contributed by atoms with Gasteiger partial charge in [0.25, 0.3) is 5.91 Å². The van der Waals surface area contributed by atoms with E-state index in [0.717, 1.165) is 24.0 Å². The summed E-state index contributed by atoms with van der Waals surface area (Å²) in [6.45, 7) is 10.9. The molecule has 0 bridgehead atoms. The summed E-state index contributed by atoms with van der Waals surface area (Å²) in [6.07, 6.45) is 4.73. The number of pyridine rings is 2. The SMILES string of the molecule is [C-]#[N+]c1cc(-c2c(Cl)cnc3cc(-c4ncc(C(=O)N(C)C)cc4C)oc23)ccc1OC1CCOCC1. The van der Waals surface area contributed by atoms with Crippen molar-refractivity contribution in [1.29, 1.82) is 0 Å². The molecule has 1 fully saturated rings. The van der Waals surface area contributed by atoms with Gasteiger partial charge in [0, 0.05) is 51.0 Å². The number of rotatable bonds is 5. The van der Waals surface area contributed by atoms with Gasteiger partial charge in [-0.15, -0.1) is 0 Å². The molecule has 0 saturated carbocycles. The average molecular weight is 517 g/mol. The first-order chi connectivity index (χ1) is 17.9. The second-order valence-electron chi connectivity index (χ2n) is 9.12. The van der Waals surface area contributed by atoms with Gasteiger partial charge in [0.1, 0.15) is 23.1 Å². The maximum Gasteiger partial charge on any atom is 0.254 e. The molecule has 8 nitrogen and oxygen atoms in total. The van der Waals surface area contributed by atoms with Gasteiger partial charge < -0.3 is 18.8 Å². The summed E-state index contributed by atoms with van der Waals surface area (Å²) in [6, 6.07) is 9.03. The van der Waals surface area contributed by atoms with Crippen LogP contribution in [0.4, 0.5) is 5.69 Å². The highest BCUT2D eigenvalue weighted by Gasteiger charge is 2.21. The smallest absolute Gasteiger partial charge is 0.254 e. The Kier molecular flexibility index (Phi) is 6.83. The fourth-order valence-corrected chi connectivity index (χ4v) is 4.63. The zero-order valence-electron chi connectivity index (χ0n) is 20.7. The van der Waals surface area contributed by atoms with E-state index in [9.17, 15) is 4.79 Å². The first kappa shape index (κ1) is 24.8. The van der Waals surface area contributed by atoms with Gasteiger partial charge >= 0.3 is 0 Å². The molecular formula is C28H25ClN4O4. The van der Waals surface area contributed by atoms with E-state index in [2.05, 4.69) is 14.8 Å². The van der Waals surface area contributed by atoms with Crippen molar-refractivity contribution >= 4 is 34.3 Å². The number of aryl methyl sites for hydroxylation is 1. The second-order valence-corrected chi connectivity index (χ2v) is 9.53. The van der Waals surface area contributed by atoms with Gasteiger partial charge in [0.2, 0.25) is 5.69 Å². The Balaban J connectivity index is 1.53. The number of hydrogen-bond acceptors (Lipinski definition) is 6. The van der Waals surface area contributed by atoms with Crippen LogP contribution >= 0.6 is 11.6 Å². The molecule has 1 aliphatic heterocycles. The Bertz CT molecular complexity index is 1530. The molecule has 1 saturated heterocycles. The summed E-state index contributed by atoms with van der Waals surface area (Å²) >= 11 is 6.60. The summed E-state index contributed by atoms with van der Waals surface area (Å²) in [4.78, 5) is 26.5. The molecule has 4 aromatic rings. The van der Waals surface area contributed by atoms with Crippen LogP contribution in [0.5, 0.6) is 5.75 Å². The first-order valence-corrected chi connectivity index (χ1v) is 12.3. The van der Waals surface area contributed by atoms with Gasteiger partial charge in [-0.2, -0.15) is 0 Å². The summed E-state index contributed by atoms with van der Waals surface area (Å²) < 4.78 is 17.8. The van der Waals surface area contributed by atoms with Crippen molar-refractivity contribution in [1.82, 2.24) is 14.9 Å². The van der Waals surface area contributed by atoms with Gasteiger partial charge in [-0.3, -0.25) is 14.8 Å². The summed E-state index contributed by atoms with van der Waals surface area (Å²) in [5, 5.41) is 0.402. The number of benzene rings is 1. The number of furan rings is 1. The topological polar surface area (TPSA) is 82.1 Å². The number of amides is 1. The third-order valence-corrected chi connectivity index (χ3v) is 6.58. The molecule has 37 heavy (non-hydrogen) atoms. The number of carbonyl (C=O) groups is 1. The van der Waals surface area contributed by atoms with Gasteiger partial charge in [0.05, 0.1) is 30.4 Å². The molecule has 9 heteroatoms. The lowest BCUT2D eigenvalue weighted by molar-refractivity contribution is 0.0259. The minimum Gasteiger partial charge on any atom is -0.501 e. The number of nitrogens with zero attached hydrogens (tertiary/aromatic N) is 4. The number of aromatic nitrogens is 2. The Hall–Kier alpha value is -3.93. The van der Waals surface area contributed by atoms with E-state index in [1.807, 2.05) is 13.0 Å². The molecule has 3 aromatic heterocycles. The van der Waals surface area contributed by atoms with Crippen LogP contribution in [-0.4, -0.2) is 54.2 Å².